The van der Waals surface area contributed by atoms with Gasteiger partial charge in [-0.2, -0.15) is 18.3 Å². The Morgan fingerprint density at radius 2 is 1.94 bits per heavy atom. The molecule has 2 aromatic heterocycles. The molecule has 0 aliphatic heterocycles. The molecule has 2 atom stereocenters. The van der Waals surface area contributed by atoms with Crippen molar-refractivity contribution >= 4 is 17.5 Å². The van der Waals surface area contributed by atoms with Gasteiger partial charge < -0.3 is 15.3 Å². The van der Waals surface area contributed by atoms with Gasteiger partial charge in [-0.15, -0.1) is 0 Å². The van der Waals surface area contributed by atoms with E-state index in [-0.39, 0.29) is 35.3 Å². The van der Waals surface area contributed by atoms with Gasteiger partial charge in [0.15, 0.2) is 17.3 Å². The molecule has 184 valence electrons. The smallest absolute Gasteiger partial charge is 0.390 e. The van der Waals surface area contributed by atoms with Crippen LogP contribution < -0.4 is 10.2 Å². The molecule has 0 saturated heterocycles. The summed E-state index contributed by atoms with van der Waals surface area (Å²) in [4.78, 5) is 18.0. The topological polar surface area (TPSA) is 83.3 Å². The number of aliphatic hydroxyl groups is 1. The number of nitrogens with one attached hydrogen (secondary N) is 1. The van der Waals surface area contributed by atoms with Gasteiger partial charge >= 0.3 is 6.18 Å². The van der Waals surface area contributed by atoms with E-state index < -0.39 is 23.2 Å². The monoisotopic (exact) mass is 481 g/mol. The van der Waals surface area contributed by atoms with Crippen molar-refractivity contribution in [2.24, 2.45) is 17.8 Å². The summed E-state index contributed by atoms with van der Waals surface area (Å²) in [5, 5.41) is 18.2. The largest absolute Gasteiger partial charge is 0.417 e. The Bertz CT molecular complexity index is 1100. The zero-order valence-corrected chi connectivity index (χ0v) is 18.9. The fourth-order valence-electron chi connectivity index (χ4n) is 6.40. The summed E-state index contributed by atoms with van der Waals surface area (Å²) < 4.78 is 54.6. The van der Waals surface area contributed by atoms with E-state index in [0.717, 1.165) is 19.3 Å². The highest BCUT2D eigenvalue weighted by atomic mass is 19.4. The van der Waals surface area contributed by atoms with Gasteiger partial charge in [-0.05, 0) is 62.8 Å². The number of nitrogens with zero attached hydrogens (tertiary/aromatic N) is 4. The highest BCUT2D eigenvalue weighted by Gasteiger charge is 2.55. The molecule has 2 heterocycles. The first kappa shape index (κ1) is 23.1. The lowest BCUT2D eigenvalue weighted by molar-refractivity contribution is -0.138. The van der Waals surface area contributed by atoms with Crippen molar-refractivity contribution in [2.45, 2.75) is 63.4 Å². The zero-order valence-electron chi connectivity index (χ0n) is 18.9. The Hall–Kier alpha value is -2.69. The summed E-state index contributed by atoms with van der Waals surface area (Å²) in [5.41, 5.74) is -1.63. The van der Waals surface area contributed by atoms with Crippen molar-refractivity contribution in [3.63, 3.8) is 0 Å². The Morgan fingerprint density at radius 3 is 2.50 bits per heavy atom. The number of aromatic nitrogens is 3. The summed E-state index contributed by atoms with van der Waals surface area (Å²) in [6.07, 6.45) is 0.124. The minimum absolute atomic E-state index is 0.0219. The van der Waals surface area contributed by atoms with Crippen LogP contribution in [-0.4, -0.2) is 44.5 Å². The van der Waals surface area contributed by atoms with Crippen molar-refractivity contribution in [1.82, 2.24) is 20.1 Å². The second-order valence-corrected chi connectivity index (χ2v) is 9.98. The van der Waals surface area contributed by atoms with Gasteiger partial charge in [0.05, 0.1) is 11.2 Å². The second-order valence-electron chi connectivity index (χ2n) is 9.98. The number of hydrogen-bond donors (Lipinski definition) is 2. The standard InChI is InChI=1S/C23H27F4N5O2/c1-3-32-18(31(2)20-16(24)6-15(11-28-20)23(25,26)27)7-17(30-32)21(33)29-19-13-4-12-5-14(19)10-22(34,8-12)9-13/h6-7,11-14,19,34H,3-5,8-10H2,1-2H3,(H,29,33). The van der Waals surface area contributed by atoms with E-state index in [1.165, 1.54) is 22.7 Å². The van der Waals surface area contributed by atoms with Gasteiger partial charge in [-0.25, -0.2) is 14.1 Å². The summed E-state index contributed by atoms with van der Waals surface area (Å²) in [6.45, 7) is 2.15. The first-order chi connectivity index (χ1) is 16.0. The number of carbonyl (C=O) groups excluding carboxylic acids is 1. The predicted molar refractivity (Wildman–Crippen MR) is 115 cm³/mol. The minimum Gasteiger partial charge on any atom is -0.390 e. The third kappa shape index (κ3) is 3.93. The van der Waals surface area contributed by atoms with Gasteiger partial charge in [-0.1, -0.05) is 0 Å². The van der Waals surface area contributed by atoms with E-state index in [4.69, 9.17) is 0 Å². The van der Waals surface area contributed by atoms with Crippen molar-refractivity contribution in [3.8, 4) is 0 Å². The molecule has 2 unspecified atom stereocenters. The maximum Gasteiger partial charge on any atom is 0.417 e. The Kier molecular flexibility index (Phi) is 5.38. The van der Waals surface area contributed by atoms with Gasteiger partial charge in [0.2, 0.25) is 0 Å². The number of carbonyl (C=O) groups is 1. The molecule has 34 heavy (non-hydrogen) atoms. The fraction of sp³-hybridized carbons (Fsp3) is 0.609. The summed E-state index contributed by atoms with van der Waals surface area (Å²) in [6, 6.07) is 1.87. The van der Waals surface area contributed by atoms with Crippen LogP contribution in [0.15, 0.2) is 18.3 Å². The summed E-state index contributed by atoms with van der Waals surface area (Å²) >= 11 is 0. The molecule has 11 heteroatoms. The number of amides is 1. The lowest BCUT2D eigenvalue weighted by atomic mass is 9.52. The van der Waals surface area contributed by atoms with Crippen molar-refractivity contribution in [2.75, 3.05) is 11.9 Å². The Balaban J connectivity index is 1.36. The van der Waals surface area contributed by atoms with Crippen LogP contribution in [0.3, 0.4) is 0 Å². The van der Waals surface area contributed by atoms with Crippen LogP contribution in [0.4, 0.5) is 29.2 Å². The van der Waals surface area contributed by atoms with E-state index in [2.05, 4.69) is 15.4 Å². The first-order valence-electron chi connectivity index (χ1n) is 11.5. The molecule has 4 aliphatic carbocycles. The van der Waals surface area contributed by atoms with E-state index >= 15 is 0 Å². The molecule has 4 fully saturated rings. The summed E-state index contributed by atoms with van der Waals surface area (Å²) in [7, 11) is 1.46. The molecular weight excluding hydrogens is 454 g/mol. The highest BCUT2D eigenvalue weighted by molar-refractivity contribution is 5.93. The highest BCUT2D eigenvalue weighted by Crippen LogP contribution is 2.55. The third-order valence-electron chi connectivity index (χ3n) is 7.64. The average molecular weight is 481 g/mol. The lowest BCUT2D eigenvalue weighted by Crippen LogP contribution is -2.61. The summed E-state index contributed by atoms with van der Waals surface area (Å²) in [5.74, 6) is -0.462. The number of aryl methyl sites for hydroxylation is 1. The van der Waals surface area contributed by atoms with Crippen LogP contribution in [-0.2, 0) is 12.7 Å². The molecule has 2 aromatic rings. The lowest BCUT2D eigenvalue weighted by Gasteiger charge is -2.58. The van der Waals surface area contributed by atoms with Crippen molar-refractivity contribution < 1.29 is 27.5 Å². The van der Waals surface area contributed by atoms with Gasteiger partial charge in [0.25, 0.3) is 5.91 Å². The van der Waals surface area contributed by atoms with E-state index in [1.54, 1.807) is 6.92 Å². The van der Waals surface area contributed by atoms with Gasteiger partial charge in [-0.3, -0.25) is 4.79 Å². The number of pyridine rings is 1. The fourth-order valence-corrected chi connectivity index (χ4v) is 6.40. The molecule has 0 aromatic carbocycles. The maximum atomic E-state index is 14.5. The van der Waals surface area contributed by atoms with Crippen LogP contribution in [0, 0.1) is 23.6 Å². The number of halogens is 4. The minimum atomic E-state index is -4.70. The molecular formula is C23H27F4N5O2. The Morgan fingerprint density at radius 1 is 1.26 bits per heavy atom. The zero-order chi connectivity index (χ0) is 24.4. The van der Waals surface area contributed by atoms with Crippen LogP contribution >= 0.6 is 0 Å². The first-order valence-corrected chi connectivity index (χ1v) is 11.5. The van der Waals surface area contributed by atoms with E-state index in [1.807, 2.05) is 0 Å². The second kappa shape index (κ2) is 7.93. The van der Waals surface area contributed by atoms with Crippen LogP contribution in [0.1, 0.15) is 55.1 Å². The average Bonchev–Trinajstić information content (AvgIpc) is 3.18. The van der Waals surface area contributed by atoms with E-state index in [0.29, 0.717) is 43.4 Å². The number of anilines is 2. The molecule has 1 amide bonds. The normalized spacial score (nSPS) is 30.0. The molecule has 4 aliphatic rings. The third-order valence-corrected chi connectivity index (χ3v) is 7.64. The maximum absolute atomic E-state index is 14.5. The van der Waals surface area contributed by atoms with Crippen molar-refractivity contribution in [3.05, 3.63) is 35.4 Å². The van der Waals surface area contributed by atoms with Crippen LogP contribution in [0.25, 0.3) is 0 Å². The molecule has 4 saturated carbocycles. The SMILES string of the molecule is CCn1nc(C(=O)NC2C3CC4CC2CC(O)(C4)C3)cc1N(C)c1ncc(C(F)(F)F)cc1F. The van der Waals surface area contributed by atoms with Crippen molar-refractivity contribution in [1.29, 1.82) is 0 Å². The number of hydrogen-bond acceptors (Lipinski definition) is 5. The van der Waals surface area contributed by atoms with E-state index in [9.17, 15) is 27.5 Å². The van der Waals surface area contributed by atoms with Crippen LogP contribution in [0.2, 0.25) is 0 Å². The Labute approximate surface area is 194 Å². The molecule has 7 nitrogen and oxygen atoms in total. The molecule has 0 spiro atoms. The predicted octanol–water partition coefficient (Wildman–Crippen LogP) is 3.89. The quantitative estimate of drug-likeness (QED) is 0.634. The van der Waals surface area contributed by atoms with Gasteiger partial charge in [0.1, 0.15) is 5.82 Å². The number of alkyl halides is 3. The molecule has 4 bridgehead atoms. The number of rotatable bonds is 5. The molecule has 2 N–H and O–H groups in total. The van der Waals surface area contributed by atoms with Gasteiger partial charge in [0, 0.05) is 31.9 Å². The molecule has 6 rings (SSSR count). The van der Waals surface area contributed by atoms with Crippen LogP contribution in [0.5, 0.6) is 0 Å². The molecule has 0 radical (unpaired) electrons.